The molecule has 1 fully saturated rings. The van der Waals surface area contributed by atoms with E-state index in [1.807, 2.05) is 35.2 Å². The molecule has 2 amide bonds. The highest BCUT2D eigenvalue weighted by Gasteiger charge is 2.25. The van der Waals surface area contributed by atoms with Crippen molar-refractivity contribution < 1.29 is 9.59 Å². The zero-order valence-corrected chi connectivity index (χ0v) is 14.8. The van der Waals surface area contributed by atoms with Gasteiger partial charge in [0.15, 0.2) is 0 Å². The predicted octanol–water partition coefficient (Wildman–Crippen LogP) is 1.39. The fourth-order valence-corrected chi connectivity index (χ4v) is 3.10. The number of amides is 2. The van der Waals surface area contributed by atoms with Crippen molar-refractivity contribution in [3.63, 3.8) is 0 Å². The monoisotopic (exact) mass is 353 g/mol. The number of anilines is 1. The zero-order chi connectivity index (χ0) is 18.4. The Kier molecular flexibility index (Phi) is 5.78. The van der Waals surface area contributed by atoms with Crippen molar-refractivity contribution >= 4 is 17.8 Å². The summed E-state index contributed by atoms with van der Waals surface area (Å²) in [5, 5.41) is 2.88. The van der Waals surface area contributed by atoms with Gasteiger partial charge in [-0.15, -0.1) is 0 Å². The lowest BCUT2D eigenvalue weighted by atomic mass is 10.0. The summed E-state index contributed by atoms with van der Waals surface area (Å²) < 4.78 is 0. The number of aromatic nitrogens is 2. The lowest BCUT2D eigenvalue weighted by molar-refractivity contribution is -0.132. The number of nitrogens with one attached hydrogen (secondary N) is 1. The summed E-state index contributed by atoms with van der Waals surface area (Å²) in [4.78, 5) is 36.7. The number of hydrogen-bond donors (Lipinski definition) is 1. The maximum absolute atomic E-state index is 12.7. The van der Waals surface area contributed by atoms with Crippen LogP contribution in [-0.4, -0.2) is 52.9 Å². The molecule has 1 aromatic carbocycles. The van der Waals surface area contributed by atoms with Crippen molar-refractivity contribution in [3.05, 3.63) is 54.4 Å². The SMILES string of the molecule is CC(=O)N[C@H](CC(=O)N1CCN(c2ncccn2)CC1)c1ccccc1. The van der Waals surface area contributed by atoms with Crippen LogP contribution >= 0.6 is 0 Å². The Balaban J connectivity index is 1.59. The van der Waals surface area contributed by atoms with E-state index in [-0.39, 0.29) is 24.3 Å². The van der Waals surface area contributed by atoms with Gasteiger partial charge in [0.25, 0.3) is 0 Å². The van der Waals surface area contributed by atoms with Crippen LogP contribution in [0.3, 0.4) is 0 Å². The number of rotatable bonds is 5. The van der Waals surface area contributed by atoms with Gasteiger partial charge in [0.05, 0.1) is 12.5 Å². The van der Waals surface area contributed by atoms with Gasteiger partial charge in [-0.05, 0) is 11.6 Å². The molecule has 0 saturated carbocycles. The van der Waals surface area contributed by atoms with E-state index in [1.54, 1.807) is 18.5 Å². The van der Waals surface area contributed by atoms with E-state index in [0.717, 1.165) is 5.56 Å². The van der Waals surface area contributed by atoms with E-state index in [1.165, 1.54) is 6.92 Å². The lowest BCUT2D eigenvalue weighted by Crippen LogP contribution is -2.50. The van der Waals surface area contributed by atoms with E-state index in [2.05, 4.69) is 20.2 Å². The Hall–Kier alpha value is -2.96. The molecule has 1 aliphatic rings. The third-order valence-electron chi connectivity index (χ3n) is 4.43. The van der Waals surface area contributed by atoms with Gasteiger partial charge in [-0.2, -0.15) is 0 Å². The highest BCUT2D eigenvalue weighted by atomic mass is 16.2. The topological polar surface area (TPSA) is 78.4 Å². The maximum Gasteiger partial charge on any atom is 0.225 e. The molecule has 7 heteroatoms. The van der Waals surface area contributed by atoms with E-state index in [0.29, 0.717) is 32.1 Å². The first kappa shape index (κ1) is 17.8. The average molecular weight is 353 g/mol. The summed E-state index contributed by atoms with van der Waals surface area (Å²) in [5.41, 5.74) is 0.937. The standard InChI is InChI=1S/C19H23N5O2/c1-15(25)22-17(16-6-3-2-4-7-16)14-18(26)23-10-12-24(13-11-23)19-20-8-5-9-21-19/h2-9,17H,10-14H2,1H3,(H,22,25)/t17-/m1/s1. The molecular formula is C19H23N5O2. The molecule has 1 aliphatic heterocycles. The van der Waals surface area contributed by atoms with E-state index in [9.17, 15) is 9.59 Å². The Morgan fingerprint density at radius 1 is 1.04 bits per heavy atom. The minimum absolute atomic E-state index is 0.0428. The molecule has 0 radical (unpaired) electrons. The maximum atomic E-state index is 12.7. The van der Waals surface area contributed by atoms with Crippen molar-refractivity contribution in [2.75, 3.05) is 31.1 Å². The molecule has 1 aromatic heterocycles. The Morgan fingerprint density at radius 3 is 2.31 bits per heavy atom. The smallest absolute Gasteiger partial charge is 0.225 e. The number of hydrogen-bond acceptors (Lipinski definition) is 5. The summed E-state index contributed by atoms with van der Waals surface area (Å²) >= 11 is 0. The van der Waals surface area contributed by atoms with Gasteiger partial charge in [0, 0.05) is 45.5 Å². The highest BCUT2D eigenvalue weighted by Crippen LogP contribution is 2.19. The largest absolute Gasteiger partial charge is 0.349 e. The van der Waals surface area contributed by atoms with Gasteiger partial charge in [0.2, 0.25) is 17.8 Å². The molecule has 1 atom stereocenters. The van der Waals surface area contributed by atoms with Gasteiger partial charge in [-0.1, -0.05) is 30.3 Å². The molecule has 2 aromatic rings. The van der Waals surface area contributed by atoms with E-state index in [4.69, 9.17) is 0 Å². The van der Waals surface area contributed by atoms with Crippen molar-refractivity contribution in [2.24, 2.45) is 0 Å². The fraction of sp³-hybridized carbons (Fsp3) is 0.368. The molecule has 2 heterocycles. The van der Waals surface area contributed by atoms with Crippen LogP contribution in [0.15, 0.2) is 48.8 Å². The Labute approximate surface area is 153 Å². The predicted molar refractivity (Wildman–Crippen MR) is 98.4 cm³/mol. The van der Waals surface area contributed by atoms with Crippen molar-refractivity contribution in [1.29, 1.82) is 0 Å². The van der Waals surface area contributed by atoms with Crippen molar-refractivity contribution in [1.82, 2.24) is 20.2 Å². The second-order valence-corrected chi connectivity index (χ2v) is 6.28. The third kappa shape index (κ3) is 4.56. The van der Waals surface area contributed by atoms with Gasteiger partial charge in [0.1, 0.15) is 0 Å². The summed E-state index contributed by atoms with van der Waals surface area (Å²) in [7, 11) is 0. The summed E-state index contributed by atoms with van der Waals surface area (Å²) in [6.07, 6.45) is 3.70. The number of benzene rings is 1. The number of nitrogens with zero attached hydrogens (tertiary/aromatic N) is 4. The normalized spacial score (nSPS) is 15.4. The summed E-state index contributed by atoms with van der Waals surface area (Å²) in [5.74, 6) is 0.596. The van der Waals surface area contributed by atoms with E-state index >= 15 is 0 Å². The molecule has 0 spiro atoms. The van der Waals surface area contributed by atoms with Gasteiger partial charge in [-0.25, -0.2) is 9.97 Å². The summed E-state index contributed by atoms with van der Waals surface area (Å²) in [6, 6.07) is 11.1. The van der Waals surface area contributed by atoms with Crippen LogP contribution in [0.2, 0.25) is 0 Å². The zero-order valence-electron chi connectivity index (χ0n) is 14.8. The fourth-order valence-electron chi connectivity index (χ4n) is 3.10. The van der Waals surface area contributed by atoms with Crippen LogP contribution in [0.4, 0.5) is 5.95 Å². The average Bonchev–Trinajstić information content (AvgIpc) is 2.68. The molecular weight excluding hydrogens is 330 g/mol. The quantitative estimate of drug-likeness (QED) is 0.879. The second kappa shape index (κ2) is 8.42. The van der Waals surface area contributed by atoms with Crippen LogP contribution in [0, 0.1) is 0 Å². The second-order valence-electron chi connectivity index (χ2n) is 6.28. The summed E-state index contributed by atoms with van der Waals surface area (Å²) in [6.45, 7) is 4.12. The third-order valence-corrected chi connectivity index (χ3v) is 4.43. The van der Waals surface area contributed by atoms with Crippen LogP contribution in [0.5, 0.6) is 0 Å². The minimum Gasteiger partial charge on any atom is -0.349 e. The molecule has 0 bridgehead atoms. The van der Waals surface area contributed by atoms with Gasteiger partial charge >= 0.3 is 0 Å². The van der Waals surface area contributed by atoms with Gasteiger partial charge < -0.3 is 15.1 Å². The molecule has 3 rings (SSSR count). The Bertz CT molecular complexity index is 730. The highest BCUT2D eigenvalue weighted by molar-refractivity contribution is 5.79. The Morgan fingerprint density at radius 2 is 1.69 bits per heavy atom. The number of carbonyl (C=O) groups excluding carboxylic acids is 2. The molecule has 1 saturated heterocycles. The van der Waals surface area contributed by atoms with Crippen LogP contribution in [0.1, 0.15) is 24.9 Å². The molecule has 7 nitrogen and oxygen atoms in total. The minimum atomic E-state index is -0.309. The molecule has 26 heavy (non-hydrogen) atoms. The van der Waals surface area contributed by atoms with Gasteiger partial charge in [-0.3, -0.25) is 9.59 Å². The van der Waals surface area contributed by atoms with Crippen LogP contribution in [0.25, 0.3) is 0 Å². The lowest BCUT2D eigenvalue weighted by Gasteiger charge is -2.35. The van der Waals surface area contributed by atoms with Crippen molar-refractivity contribution in [2.45, 2.75) is 19.4 Å². The van der Waals surface area contributed by atoms with Crippen molar-refractivity contribution in [3.8, 4) is 0 Å². The molecule has 136 valence electrons. The first-order chi connectivity index (χ1) is 12.6. The molecule has 0 unspecified atom stereocenters. The first-order valence-corrected chi connectivity index (χ1v) is 8.75. The molecule has 1 N–H and O–H groups in total. The molecule has 0 aliphatic carbocycles. The number of carbonyl (C=O) groups is 2. The van der Waals surface area contributed by atoms with Crippen LogP contribution < -0.4 is 10.2 Å². The first-order valence-electron chi connectivity index (χ1n) is 8.75. The number of piperazine rings is 1. The van der Waals surface area contributed by atoms with Crippen LogP contribution in [-0.2, 0) is 9.59 Å². The van der Waals surface area contributed by atoms with E-state index < -0.39 is 0 Å².